The molecular weight excluding hydrogens is 350 g/mol. The molecule has 3 aromatic heterocycles. The Labute approximate surface area is 153 Å². The lowest BCUT2D eigenvalue weighted by atomic mass is 10.2. The molecule has 0 spiro atoms. The third-order valence-electron chi connectivity index (χ3n) is 3.93. The summed E-state index contributed by atoms with van der Waals surface area (Å²) in [6.45, 7) is 1.74. The molecule has 10 heteroatoms. The third kappa shape index (κ3) is 3.19. The van der Waals surface area contributed by atoms with Crippen LogP contribution in [0.15, 0.2) is 41.2 Å². The third-order valence-corrected chi connectivity index (χ3v) is 3.93. The summed E-state index contributed by atoms with van der Waals surface area (Å²) in [5.41, 5.74) is 1.54. The Balaban J connectivity index is 1.52. The van der Waals surface area contributed by atoms with E-state index in [1.54, 1.807) is 13.0 Å². The molecule has 0 aliphatic carbocycles. The van der Waals surface area contributed by atoms with Crippen LogP contribution in [0.25, 0.3) is 22.4 Å². The van der Waals surface area contributed by atoms with Gasteiger partial charge >= 0.3 is 0 Å². The molecule has 0 aliphatic rings. The van der Waals surface area contributed by atoms with Crippen LogP contribution in [0.2, 0.25) is 0 Å². The van der Waals surface area contributed by atoms with Crippen molar-refractivity contribution in [2.45, 2.75) is 13.0 Å². The van der Waals surface area contributed by atoms with E-state index in [9.17, 15) is 4.79 Å². The van der Waals surface area contributed by atoms with E-state index in [0.717, 1.165) is 10.9 Å². The van der Waals surface area contributed by atoms with Crippen LogP contribution in [-0.2, 0) is 0 Å². The van der Waals surface area contributed by atoms with Gasteiger partial charge in [-0.3, -0.25) is 9.89 Å². The summed E-state index contributed by atoms with van der Waals surface area (Å²) in [5.74, 6) is 0.564. The molecule has 0 bridgehead atoms. The van der Waals surface area contributed by atoms with Gasteiger partial charge in [-0.25, -0.2) is 9.97 Å². The van der Waals surface area contributed by atoms with Gasteiger partial charge in [0.1, 0.15) is 18.1 Å². The number of nitrogens with one attached hydrogen (secondary N) is 2. The summed E-state index contributed by atoms with van der Waals surface area (Å²) >= 11 is 0. The fourth-order valence-corrected chi connectivity index (χ4v) is 2.55. The van der Waals surface area contributed by atoms with Crippen molar-refractivity contribution in [1.82, 2.24) is 35.6 Å². The molecule has 2 N–H and O–H groups in total. The molecule has 0 fully saturated rings. The standard InChI is InChI=1S/C17H15N7O3/c1-9(20-16(25)14-10-5-3-4-6-11(10)22-23-14)17-21-15(24-27-17)12-7-13(26-2)19-8-18-12/h3-9H,1-2H3,(H,20,25)(H,22,23). The van der Waals surface area contributed by atoms with E-state index in [1.165, 1.54) is 13.4 Å². The van der Waals surface area contributed by atoms with Crippen molar-refractivity contribution >= 4 is 16.8 Å². The molecule has 1 aromatic carbocycles. The van der Waals surface area contributed by atoms with Crippen LogP contribution in [0.5, 0.6) is 5.88 Å². The molecule has 136 valence electrons. The van der Waals surface area contributed by atoms with Gasteiger partial charge in [0.2, 0.25) is 17.6 Å². The lowest BCUT2D eigenvalue weighted by molar-refractivity contribution is 0.0929. The number of nitrogens with zero attached hydrogens (tertiary/aromatic N) is 5. The molecule has 1 unspecified atom stereocenters. The van der Waals surface area contributed by atoms with Crippen molar-refractivity contribution in [3.8, 4) is 17.4 Å². The second kappa shape index (κ2) is 6.83. The lowest BCUT2D eigenvalue weighted by Gasteiger charge is -2.08. The Bertz CT molecular complexity index is 1100. The van der Waals surface area contributed by atoms with E-state index in [4.69, 9.17) is 9.26 Å². The number of para-hydroxylation sites is 1. The number of benzene rings is 1. The molecule has 0 aliphatic heterocycles. The van der Waals surface area contributed by atoms with Gasteiger partial charge in [-0.2, -0.15) is 10.1 Å². The number of rotatable bonds is 5. The van der Waals surface area contributed by atoms with E-state index >= 15 is 0 Å². The highest BCUT2D eigenvalue weighted by Gasteiger charge is 2.21. The highest BCUT2D eigenvalue weighted by Crippen LogP contribution is 2.20. The number of carbonyl (C=O) groups is 1. The minimum Gasteiger partial charge on any atom is -0.481 e. The molecule has 4 aromatic rings. The summed E-state index contributed by atoms with van der Waals surface area (Å²) in [4.78, 5) is 24.8. The number of methoxy groups -OCH3 is 1. The predicted octanol–water partition coefficient (Wildman–Crippen LogP) is 1.90. The first-order valence-corrected chi connectivity index (χ1v) is 8.09. The summed E-state index contributed by atoms with van der Waals surface area (Å²) in [6, 6.07) is 8.46. The van der Waals surface area contributed by atoms with Crippen LogP contribution in [0.1, 0.15) is 29.3 Å². The summed E-state index contributed by atoms with van der Waals surface area (Å²) in [7, 11) is 1.50. The average Bonchev–Trinajstić information content (AvgIpc) is 3.35. The minimum atomic E-state index is -0.516. The molecule has 0 radical (unpaired) electrons. The van der Waals surface area contributed by atoms with E-state index in [1.807, 2.05) is 24.3 Å². The molecule has 0 saturated carbocycles. The highest BCUT2D eigenvalue weighted by molar-refractivity contribution is 6.04. The fraction of sp³-hybridized carbons (Fsp3) is 0.176. The van der Waals surface area contributed by atoms with E-state index in [2.05, 4.69) is 35.6 Å². The van der Waals surface area contributed by atoms with Crippen LogP contribution < -0.4 is 10.1 Å². The van der Waals surface area contributed by atoms with Gasteiger partial charge in [-0.1, -0.05) is 23.4 Å². The second-order valence-electron chi connectivity index (χ2n) is 5.71. The Morgan fingerprint density at radius 3 is 3.00 bits per heavy atom. The average molecular weight is 365 g/mol. The Hall–Kier alpha value is -3.82. The van der Waals surface area contributed by atoms with Crippen LogP contribution >= 0.6 is 0 Å². The van der Waals surface area contributed by atoms with Crippen LogP contribution in [0.4, 0.5) is 0 Å². The molecule has 10 nitrogen and oxygen atoms in total. The van der Waals surface area contributed by atoms with Gasteiger partial charge in [-0.15, -0.1) is 0 Å². The molecule has 27 heavy (non-hydrogen) atoms. The van der Waals surface area contributed by atoms with Crippen molar-refractivity contribution in [1.29, 1.82) is 0 Å². The van der Waals surface area contributed by atoms with Crippen LogP contribution in [0, 0.1) is 0 Å². The van der Waals surface area contributed by atoms with Crippen molar-refractivity contribution in [2.75, 3.05) is 7.11 Å². The smallest absolute Gasteiger partial charge is 0.273 e. The number of amides is 1. The monoisotopic (exact) mass is 365 g/mol. The van der Waals surface area contributed by atoms with E-state index < -0.39 is 6.04 Å². The quantitative estimate of drug-likeness (QED) is 0.548. The normalized spacial score (nSPS) is 12.1. The van der Waals surface area contributed by atoms with Crippen molar-refractivity contribution < 1.29 is 14.1 Å². The number of aromatic nitrogens is 6. The van der Waals surface area contributed by atoms with Gasteiger partial charge in [0.15, 0.2) is 5.69 Å². The minimum absolute atomic E-state index is 0.246. The zero-order valence-corrected chi connectivity index (χ0v) is 14.5. The van der Waals surface area contributed by atoms with Gasteiger partial charge in [0, 0.05) is 11.5 Å². The van der Waals surface area contributed by atoms with Crippen LogP contribution in [-0.4, -0.2) is 43.3 Å². The first kappa shape index (κ1) is 16.6. The molecule has 0 saturated heterocycles. The number of fused-ring (bicyclic) bond motifs is 1. The lowest BCUT2D eigenvalue weighted by Crippen LogP contribution is -2.27. The van der Waals surface area contributed by atoms with Crippen molar-refractivity contribution in [3.63, 3.8) is 0 Å². The van der Waals surface area contributed by atoms with Gasteiger partial charge < -0.3 is 14.6 Å². The summed E-state index contributed by atoms with van der Waals surface area (Å²) in [5, 5.41) is 14.3. The van der Waals surface area contributed by atoms with Gasteiger partial charge in [0.25, 0.3) is 5.91 Å². The number of H-pyrrole nitrogens is 1. The van der Waals surface area contributed by atoms with E-state index in [-0.39, 0.29) is 17.6 Å². The molecular formula is C17H15N7O3. The van der Waals surface area contributed by atoms with E-state index in [0.29, 0.717) is 17.3 Å². The summed E-state index contributed by atoms with van der Waals surface area (Å²) < 4.78 is 10.3. The maximum atomic E-state index is 12.5. The number of ether oxygens (including phenoxy) is 1. The van der Waals surface area contributed by atoms with Crippen molar-refractivity contribution in [2.24, 2.45) is 0 Å². The summed E-state index contributed by atoms with van der Waals surface area (Å²) in [6.07, 6.45) is 1.35. The maximum Gasteiger partial charge on any atom is 0.273 e. The zero-order valence-electron chi connectivity index (χ0n) is 14.5. The topological polar surface area (TPSA) is 132 Å². The SMILES string of the molecule is COc1cc(-c2noc(C(C)NC(=O)c3n[nH]c4ccccc34)n2)ncn1. The maximum absolute atomic E-state index is 12.5. The largest absolute Gasteiger partial charge is 0.481 e. The molecule has 1 amide bonds. The predicted molar refractivity (Wildman–Crippen MR) is 93.9 cm³/mol. The zero-order chi connectivity index (χ0) is 18.8. The first-order valence-electron chi connectivity index (χ1n) is 8.09. The molecule has 3 heterocycles. The Morgan fingerprint density at radius 1 is 1.30 bits per heavy atom. The first-order chi connectivity index (χ1) is 13.2. The fourth-order valence-electron chi connectivity index (χ4n) is 2.55. The van der Waals surface area contributed by atoms with Crippen LogP contribution in [0.3, 0.4) is 0 Å². The molecule has 1 atom stereocenters. The Kier molecular flexibility index (Phi) is 4.21. The number of aromatic amines is 1. The highest BCUT2D eigenvalue weighted by atomic mass is 16.5. The van der Waals surface area contributed by atoms with Crippen molar-refractivity contribution in [3.05, 3.63) is 48.2 Å². The molecule has 4 rings (SSSR count). The van der Waals surface area contributed by atoms with Gasteiger partial charge in [-0.05, 0) is 13.0 Å². The number of hydrogen-bond acceptors (Lipinski definition) is 8. The Morgan fingerprint density at radius 2 is 2.15 bits per heavy atom. The second-order valence-corrected chi connectivity index (χ2v) is 5.71. The van der Waals surface area contributed by atoms with Gasteiger partial charge in [0.05, 0.1) is 12.6 Å². The number of carbonyl (C=O) groups excluding carboxylic acids is 1. The number of hydrogen-bond donors (Lipinski definition) is 2.